The average molecular weight is 227 g/mol. The van der Waals surface area contributed by atoms with Crippen LogP contribution in [0.5, 0.6) is 5.75 Å². The standard InChI is InChI=1S/C13H9NO3/c1-16-8-6-11-12(14-7-8)13(15)9-4-2-3-5-10(9)17-11/h2-7H,1H3. The number of pyridine rings is 1. The predicted octanol–water partition coefficient (Wildman–Crippen LogP) is 2.35. The van der Waals surface area contributed by atoms with E-state index in [9.17, 15) is 4.79 Å². The summed E-state index contributed by atoms with van der Waals surface area (Å²) in [6.45, 7) is 0. The van der Waals surface area contributed by atoms with E-state index in [4.69, 9.17) is 9.15 Å². The number of ether oxygens (including phenoxy) is 1. The van der Waals surface area contributed by atoms with Gasteiger partial charge in [0, 0.05) is 6.07 Å². The van der Waals surface area contributed by atoms with E-state index in [0.29, 0.717) is 27.8 Å². The summed E-state index contributed by atoms with van der Waals surface area (Å²) in [5, 5.41) is 0.540. The fourth-order valence-corrected chi connectivity index (χ4v) is 1.78. The zero-order valence-corrected chi connectivity index (χ0v) is 9.14. The van der Waals surface area contributed by atoms with Gasteiger partial charge in [-0.05, 0) is 12.1 Å². The summed E-state index contributed by atoms with van der Waals surface area (Å²) in [7, 11) is 1.54. The van der Waals surface area contributed by atoms with Crippen molar-refractivity contribution in [1.29, 1.82) is 0 Å². The monoisotopic (exact) mass is 227 g/mol. The first-order valence-electron chi connectivity index (χ1n) is 5.15. The predicted molar refractivity (Wildman–Crippen MR) is 64.3 cm³/mol. The Bertz CT molecular complexity index is 761. The smallest absolute Gasteiger partial charge is 0.218 e. The third kappa shape index (κ3) is 1.45. The Morgan fingerprint density at radius 2 is 2.06 bits per heavy atom. The Kier molecular flexibility index (Phi) is 2.08. The molecule has 0 amide bonds. The third-order valence-electron chi connectivity index (χ3n) is 2.63. The molecule has 84 valence electrons. The van der Waals surface area contributed by atoms with E-state index in [1.165, 1.54) is 6.20 Å². The van der Waals surface area contributed by atoms with Gasteiger partial charge in [0.15, 0.2) is 11.1 Å². The highest BCUT2D eigenvalue weighted by Gasteiger charge is 2.08. The van der Waals surface area contributed by atoms with Gasteiger partial charge in [-0.3, -0.25) is 4.79 Å². The van der Waals surface area contributed by atoms with E-state index in [0.717, 1.165) is 0 Å². The molecule has 3 aromatic rings. The molecule has 1 aromatic carbocycles. The number of para-hydroxylation sites is 1. The molecule has 0 fully saturated rings. The summed E-state index contributed by atoms with van der Waals surface area (Å²) in [6, 6.07) is 8.78. The van der Waals surface area contributed by atoms with Crippen LogP contribution in [-0.4, -0.2) is 12.1 Å². The largest absolute Gasteiger partial charge is 0.495 e. The van der Waals surface area contributed by atoms with Gasteiger partial charge in [0.25, 0.3) is 0 Å². The molecule has 17 heavy (non-hydrogen) atoms. The second-order valence-electron chi connectivity index (χ2n) is 3.65. The van der Waals surface area contributed by atoms with Crippen LogP contribution in [0.1, 0.15) is 0 Å². The maximum Gasteiger partial charge on any atom is 0.218 e. The van der Waals surface area contributed by atoms with Gasteiger partial charge in [-0.2, -0.15) is 0 Å². The van der Waals surface area contributed by atoms with E-state index in [1.807, 2.05) is 6.07 Å². The highest BCUT2D eigenvalue weighted by molar-refractivity contribution is 5.87. The van der Waals surface area contributed by atoms with Crippen molar-refractivity contribution in [3.63, 3.8) is 0 Å². The molecule has 0 saturated carbocycles. The summed E-state index contributed by atoms with van der Waals surface area (Å²) in [6.07, 6.45) is 1.51. The summed E-state index contributed by atoms with van der Waals surface area (Å²) in [5.41, 5.74) is 1.20. The minimum absolute atomic E-state index is 0.121. The van der Waals surface area contributed by atoms with Gasteiger partial charge >= 0.3 is 0 Å². The number of fused-ring (bicyclic) bond motifs is 2. The van der Waals surface area contributed by atoms with E-state index in [-0.39, 0.29) is 5.43 Å². The third-order valence-corrected chi connectivity index (χ3v) is 2.63. The lowest BCUT2D eigenvalue weighted by atomic mass is 10.2. The van der Waals surface area contributed by atoms with E-state index >= 15 is 0 Å². The van der Waals surface area contributed by atoms with Crippen LogP contribution >= 0.6 is 0 Å². The van der Waals surface area contributed by atoms with Crippen molar-refractivity contribution >= 4 is 22.1 Å². The van der Waals surface area contributed by atoms with Crippen LogP contribution < -0.4 is 10.2 Å². The van der Waals surface area contributed by atoms with Crippen molar-refractivity contribution in [2.75, 3.05) is 7.11 Å². The lowest BCUT2D eigenvalue weighted by Crippen LogP contribution is -2.03. The Morgan fingerprint density at radius 3 is 2.88 bits per heavy atom. The maximum atomic E-state index is 12.1. The van der Waals surface area contributed by atoms with Gasteiger partial charge in [-0.15, -0.1) is 0 Å². The van der Waals surface area contributed by atoms with Crippen molar-refractivity contribution in [2.45, 2.75) is 0 Å². The number of hydrogen-bond donors (Lipinski definition) is 0. The first-order valence-corrected chi connectivity index (χ1v) is 5.15. The molecule has 0 N–H and O–H groups in total. The lowest BCUT2D eigenvalue weighted by Gasteiger charge is -2.02. The van der Waals surface area contributed by atoms with Crippen molar-refractivity contribution in [3.8, 4) is 5.75 Å². The van der Waals surface area contributed by atoms with Crippen molar-refractivity contribution in [1.82, 2.24) is 4.98 Å². The molecule has 0 atom stereocenters. The molecule has 0 aliphatic rings. The summed E-state index contributed by atoms with van der Waals surface area (Å²) >= 11 is 0. The lowest BCUT2D eigenvalue weighted by molar-refractivity contribution is 0.413. The van der Waals surface area contributed by atoms with Crippen LogP contribution in [-0.2, 0) is 0 Å². The number of nitrogens with zero attached hydrogens (tertiary/aromatic N) is 1. The van der Waals surface area contributed by atoms with Gasteiger partial charge in [0.2, 0.25) is 5.43 Å². The first kappa shape index (κ1) is 9.84. The molecule has 2 aromatic heterocycles. The number of hydrogen-bond acceptors (Lipinski definition) is 4. The maximum absolute atomic E-state index is 12.1. The average Bonchev–Trinajstić information content (AvgIpc) is 2.38. The van der Waals surface area contributed by atoms with Crippen LogP contribution in [0.2, 0.25) is 0 Å². The van der Waals surface area contributed by atoms with Gasteiger partial charge in [0.1, 0.15) is 11.3 Å². The number of benzene rings is 1. The topological polar surface area (TPSA) is 52.3 Å². The van der Waals surface area contributed by atoms with Crippen LogP contribution in [0.25, 0.3) is 22.1 Å². The van der Waals surface area contributed by atoms with E-state index in [2.05, 4.69) is 4.98 Å². The fraction of sp³-hybridized carbons (Fsp3) is 0.0769. The number of rotatable bonds is 1. The Balaban J connectivity index is 2.50. The van der Waals surface area contributed by atoms with Crippen LogP contribution in [0.3, 0.4) is 0 Å². The van der Waals surface area contributed by atoms with E-state index < -0.39 is 0 Å². The zero-order valence-electron chi connectivity index (χ0n) is 9.14. The second kappa shape index (κ2) is 3.59. The molecule has 0 bridgehead atoms. The summed E-state index contributed by atoms with van der Waals surface area (Å²) < 4.78 is 10.7. The molecule has 0 unspecified atom stereocenters. The van der Waals surface area contributed by atoms with Crippen molar-refractivity contribution in [3.05, 3.63) is 46.8 Å². The SMILES string of the molecule is COc1cnc2c(=O)c3ccccc3oc2c1. The van der Waals surface area contributed by atoms with E-state index in [1.54, 1.807) is 31.4 Å². The molecule has 4 heteroatoms. The Morgan fingerprint density at radius 1 is 1.24 bits per heavy atom. The van der Waals surface area contributed by atoms with Crippen LogP contribution in [0, 0.1) is 0 Å². The Hall–Kier alpha value is -2.36. The van der Waals surface area contributed by atoms with Crippen LogP contribution in [0.4, 0.5) is 0 Å². The molecule has 0 aliphatic carbocycles. The highest BCUT2D eigenvalue weighted by Crippen LogP contribution is 2.20. The molecule has 3 rings (SSSR count). The molecule has 0 radical (unpaired) electrons. The molecule has 4 nitrogen and oxygen atoms in total. The number of methoxy groups -OCH3 is 1. The van der Waals surface area contributed by atoms with Gasteiger partial charge in [0.05, 0.1) is 18.7 Å². The highest BCUT2D eigenvalue weighted by atomic mass is 16.5. The zero-order chi connectivity index (χ0) is 11.8. The van der Waals surface area contributed by atoms with Gasteiger partial charge in [-0.1, -0.05) is 12.1 Å². The molecule has 0 saturated heterocycles. The molecular formula is C13H9NO3. The van der Waals surface area contributed by atoms with Gasteiger partial charge in [-0.25, -0.2) is 4.98 Å². The minimum atomic E-state index is -0.121. The first-order chi connectivity index (χ1) is 8.29. The molecule has 0 spiro atoms. The second-order valence-corrected chi connectivity index (χ2v) is 3.65. The van der Waals surface area contributed by atoms with Crippen molar-refractivity contribution in [2.24, 2.45) is 0 Å². The van der Waals surface area contributed by atoms with Crippen molar-refractivity contribution < 1.29 is 9.15 Å². The van der Waals surface area contributed by atoms with Gasteiger partial charge < -0.3 is 9.15 Å². The van der Waals surface area contributed by atoms with Crippen LogP contribution in [0.15, 0.2) is 45.7 Å². The molecule has 2 heterocycles. The normalized spacial score (nSPS) is 10.9. The summed E-state index contributed by atoms with van der Waals surface area (Å²) in [5.74, 6) is 0.566. The summed E-state index contributed by atoms with van der Waals surface area (Å²) in [4.78, 5) is 16.2. The number of aromatic nitrogens is 1. The molecular weight excluding hydrogens is 218 g/mol. The molecule has 0 aliphatic heterocycles. The minimum Gasteiger partial charge on any atom is -0.495 e. The Labute approximate surface area is 96.5 Å². The fourth-order valence-electron chi connectivity index (χ4n) is 1.78. The quantitative estimate of drug-likeness (QED) is 0.599.